The number of nitrogens with two attached hydrogens (primary N) is 1. The third-order valence-corrected chi connectivity index (χ3v) is 4.71. The SMILES string of the molecule is NNc1ccc([N+](=O)[O-])c(C(=O)NC2CCS(=O)CC2)c1. The van der Waals surface area contributed by atoms with Crippen molar-refractivity contribution in [2.75, 3.05) is 16.9 Å². The molecule has 1 heterocycles. The Bertz CT molecular complexity index is 583. The summed E-state index contributed by atoms with van der Waals surface area (Å²) < 4.78 is 11.3. The van der Waals surface area contributed by atoms with Crippen molar-refractivity contribution in [2.45, 2.75) is 18.9 Å². The minimum atomic E-state index is -0.823. The van der Waals surface area contributed by atoms with E-state index >= 15 is 0 Å². The van der Waals surface area contributed by atoms with Crippen LogP contribution in [0, 0.1) is 10.1 Å². The fourth-order valence-corrected chi connectivity index (χ4v) is 3.47. The second-order valence-corrected chi connectivity index (χ2v) is 6.43. The molecule has 4 N–H and O–H groups in total. The molecule has 9 heteroatoms. The lowest BCUT2D eigenvalue weighted by Gasteiger charge is -2.22. The van der Waals surface area contributed by atoms with Gasteiger partial charge in [0.1, 0.15) is 5.56 Å². The van der Waals surface area contributed by atoms with Gasteiger partial charge in [0.05, 0.1) is 4.92 Å². The van der Waals surface area contributed by atoms with Gasteiger partial charge in [0.25, 0.3) is 11.6 Å². The Morgan fingerprint density at radius 2 is 2.05 bits per heavy atom. The molecule has 1 fully saturated rings. The maximum Gasteiger partial charge on any atom is 0.282 e. The number of hydrogen-bond acceptors (Lipinski definition) is 6. The van der Waals surface area contributed by atoms with Crippen molar-refractivity contribution in [2.24, 2.45) is 5.84 Å². The quantitative estimate of drug-likeness (QED) is 0.422. The molecule has 1 amide bonds. The number of carbonyl (C=O) groups excluding carboxylic acids is 1. The van der Waals surface area contributed by atoms with Crippen LogP contribution in [-0.4, -0.2) is 32.6 Å². The minimum absolute atomic E-state index is 0.0397. The number of anilines is 1. The second kappa shape index (κ2) is 6.64. The lowest BCUT2D eigenvalue weighted by atomic mass is 10.1. The van der Waals surface area contributed by atoms with Gasteiger partial charge < -0.3 is 10.7 Å². The number of nitro groups is 1. The molecular weight excluding hydrogens is 296 g/mol. The second-order valence-electron chi connectivity index (χ2n) is 4.73. The normalized spacial score (nSPS) is 21.6. The van der Waals surface area contributed by atoms with E-state index in [-0.39, 0.29) is 17.3 Å². The zero-order valence-corrected chi connectivity index (χ0v) is 12.0. The molecule has 1 aromatic rings. The molecule has 0 unspecified atom stereocenters. The van der Waals surface area contributed by atoms with Crippen LogP contribution < -0.4 is 16.6 Å². The largest absolute Gasteiger partial charge is 0.349 e. The highest BCUT2D eigenvalue weighted by molar-refractivity contribution is 7.85. The average Bonchev–Trinajstić information content (AvgIpc) is 2.48. The first kappa shape index (κ1) is 15.4. The van der Waals surface area contributed by atoms with Crippen molar-refractivity contribution in [3.05, 3.63) is 33.9 Å². The Hall–Kier alpha value is -2.00. The Labute approximate surface area is 123 Å². The summed E-state index contributed by atoms with van der Waals surface area (Å²) in [5.41, 5.74) is 2.46. The van der Waals surface area contributed by atoms with Gasteiger partial charge in [-0.05, 0) is 25.0 Å². The number of rotatable bonds is 4. The summed E-state index contributed by atoms with van der Waals surface area (Å²) in [7, 11) is -0.823. The first-order valence-corrected chi connectivity index (χ1v) is 7.91. The van der Waals surface area contributed by atoms with Crippen molar-refractivity contribution in [1.82, 2.24) is 5.32 Å². The van der Waals surface area contributed by atoms with Crippen LogP contribution in [0.5, 0.6) is 0 Å². The number of nitrogen functional groups attached to an aromatic ring is 1. The summed E-state index contributed by atoms with van der Waals surface area (Å²) in [5.74, 6) is 5.82. The number of nitrogens with one attached hydrogen (secondary N) is 2. The van der Waals surface area contributed by atoms with Crippen molar-refractivity contribution in [3.8, 4) is 0 Å². The van der Waals surface area contributed by atoms with E-state index in [4.69, 9.17) is 5.84 Å². The zero-order chi connectivity index (χ0) is 15.4. The van der Waals surface area contributed by atoms with Crippen LogP contribution in [0.3, 0.4) is 0 Å². The van der Waals surface area contributed by atoms with Gasteiger partial charge >= 0.3 is 0 Å². The fraction of sp³-hybridized carbons (Fsp3) is 0.417. The van der Waals surface area contributed by atoms with Crippen LogP contribution >= 0.6 is 0 Å². The lowest BCUT2D eigenvalue weighted by Crippen LogP contribution is -2.39. The first-order chi connectivity index (χ1) is 10.0. The van der Waals surface area contributed by atoms with Crippen LogP contribution in [0.15, 0.2) is 18.2 Å². The molecule has 1 aliphatic rings. The molecule has 0 aliphatic carbocycles. The lowest BCUT2D eigenvalue weighted by molar-refractivity contribution is -0.385. The van der Waals surface area contributed by atoms with E-state index < -0.39 is 21.6 Å². The van der Waals surface area contributed by atoms with Crippen LogP contribution in [0.1, 0.15) is 23.2 Å². The molecule has 0 radical (unpaired) electrons. The molecule has 0 saturated carbocycles. The van der Waals surface area contributed by atoms with Crippen molar-refractivity contribution >= 4 is 28.1 Å². The van der Waals surface area contributed by atoms with Gasteiger partial charge in [0.15, 0.2) is 0 Å². The molecule has 1 saturated heterocycles. The molecule has 21 heavy (non-hydrogen) atoms. The number of benzene rings is 1. The van der Waals surface area contributed by atoms with E-state index in [0.717, 1.165) is 0 Å². The molecule has 0 atom stereocenters. The predicted molar refractivity (Wildman–Crippen MR) is 79.3 cm³/mol. The Kier molecular flexibility index (Phi) is 4.86. The molecule has 114 valence electrons. The van der Waals surface area contributed by atoms with Crippen molar-refractivity contribution in [1.29, 1.82) is 0 Å². The number of nitrogens with zero attached hydrogens (tertiary/aromatic N) is 1. The molecule has 2 rings (SSSR count). The molecule has 0 spiro atoms. The molecule has 0 bridgehead atoms. The van der Waals surface area contributed by atoms with Crippen LogP contribution in [0.25, 0.3) is 0 Å². The monoisotopic (exact) mass is 312 g/mol. The Morgan fingerprint density at radius 1 is 1.38 bits per heavy atom. The summed E-state index contributed by atoms with van der Waals surface area (Å²) in [6.07, 6.45) is 1.22. The minimum Gasteiger partial charge on any atom is -0.349 e. The highest BCUT2D eigenvalue weighted by Crippen LogP contribution is 2.23. The van der Waals surface area contributed by atoms with Gasteiger partial charge in [-0.15, -0.1) is 0 Å². The van der Waals surface area contributed by atoms with E-state index in [1.807, 2.05) is 0 Å². The van der Waals surface area contributed by atoms with Crippen LogP contribution in [-0.2, 0) is 10.8 Å². The number of hydrazine groups is 1. The van der Waals surface area contributed by atoms with E-state index in [1.165, 1.54) is 18.2 Å². The highest BCUT2D eigenvalue weighted by atomic mass is 32.2. The molecule has 8 nitrogen and oxygen atoms in total. The number of carbonyl (C=O) groups is 1. The van der Waals surface area contributed by atoms with Gasteiger partial charge in [0, 0.05) is 40.1 Å². The molecular formula is C12H16N4O4S. The van der Waals surface area contributed by atoms with Gasteiger partial charge in [-0.1, -0.05) is 0 Å². The average molecular weight is 312 g/mol. The third-order valence-electron chi connectivity index (χ3n) is 3.33. The summed E-state index contributed by atoms with van der Waals surface area (Å²) in [6.45, 7) is 0. The van der Waals surface area contributed by atoms with Gasteiger partial charge in [-0.25, -0.2) is 0 Å². The van der Waals surface area contributed by atoms with Gasteiger partial charge in [0.2, 0.25) is 0 Å². The van der Waals surface area contributed by atoms with Crippen LogP contribution in [0.2, 0.25) is 0 Å². The summed E-state index contributed by atoms with van der Waals surface area (Å²) >= 11 is 0. The molecule has 1 aromatic carbocycles. The topological polar surface area (TPSA) is 127 Å². The Morgan fingerprint density at radius 3 is 2.62 bits per heavy atom. The van der Waals surface area contributed by atoms with Crippen molar-refractivity contribution in [3.63, 3.8) is 0 Å². The van der Waals surface area contributed by atoms with Gasteiger partial charge in [-0.3, -0.25) is 25.0 Å². The van der Waals surface area contributed by atoms with E-state index in [9.17, 15) is 19.1 Å². The third kappa shape index (κ3) is 3.76. The first-order valence-electron chi connectivity index (χ1n) is 6.42. The zero-order valence-electron chi connectivity index (χ0n) is 11.2. The van der Waals surface area contributed by atoms with Gasteiger partial charge in [-0.2, -0.15) is 0 Å². The maximum absolute atomic E-state index is 12.2. The predicted octanol–water partition coefficient (Wildman–Crippen LogP) is 0.521. The smallest absolute Gasteiger partial charge is 0.282 e. The van der Waals surface area contributed by atoms with Crippen molar-refractivity contribution < 1.29 is 13.9 Å². The molecule has 1 aliphatic heterocycles. The number of hydrogen-bond donors (Lipinski definition) is 3. The van der Waals surface area contributed by atoms with E-state index in [2.05, 4.69) is 10.7 Å². The standard InChI is InChI=1S/C12H16N4O4S/c13-15-9-1-2-11(16(18)19)10(7-9)12(17)14-8-3-5-21(20)6-4-8/h1-2,7-8,15H,3-6,13H2,(H,14,17). The maximum atomic E-state index is 12.2. The Balaban J connectivity index is 2.17. The van der Waals surface area contributed by atoms with Crippen LogP contribution in [0.4, 0.5) is 11.4 Å². The summed E-state index contributed by atoms with van der Waals surface area (Å²) in [6, 6.07) is 3.90. The number of nitro benzene ring substituents is 1. The van der Waals surface area contributed by atoms with E-state index in [1.54, 1.807) is 0 Å². The van der Waals surface area contributed by atoms with E-state index in [0.29, 0.717) is 30.0 Å². The fourth-order valence-electron chi connectivity index (χ4n) is 2.17. The summed E-state index contributed by atoms with van der Waals surface area (Å²) in [5, 5.41) is 13.8. The highest BCUT2D eigenvalue weighted by Gasteiger charge is 2.25. The summed E-state index contributed by atoms with van der Waals surface area (Å²) in [4.78, 5) is 22.6. The number of amides is 1. The molecule has 0 aromatic heterocycles.